The lowest BCUT2D eigenvalue weighted by Gasteiger charge is -2.44. The van der Waals surface area contributed by atoms with E-state index in [2.05, 4.69) is 26.0 Å². The molecule has 0 spiro atoms. The molecule has 0 saturated heterocycles. The van der Waals surface area contributed by atoms with E-state index < -0.39 is 17.8 Å². The highest BCUT2D eigenvalue weighted by atomic mass is 16.3. The minimum absolute atomic E-state index is 0.0612. The summed E-state index contributed by atoms with van der Waals surface area (Å²) in [5.41, 5.74) is 2.29. The second kappa shape index (κ2) is 10.1. The van der Waals surface area contributed by atoms with Crippen LogP contribution in [0.2, 0.25) is 0 Å². The number of aliphatic hydroxyl groups excluding tert-OH is 3. The first kappa shape index (κ1) is 25.0. The molecular formula is C27H46O4. The highest BCUT2D eigenvalue weighted by molar-refractivity contribution is 5.27. The number of allylic oxidation sites excluding steroid dienone is 3. The summed E-state index contributed by atoms with van der Waals surface area (Å²) in [4.78, 5) is 0. The average molecular weight is 435 g/mol. The molecule has 0 radical (unpaired) electrons. The Morgan fingerprint density at radius 3 is 2.55 bits per heavy atom. The van der Waals surface area contributed by atoms with Gasteiger partial charge in [-0.25, -0.2) is 0 Å². The van der Waals surface area contributed by atoms with Crippen molar-refractivity contribution in [3.8, 4) is 0 Å². The molecule has 3 aliphatic rings. The van der Waals surface area contributed by atoms with Crippen molar-refractivity contribution in [2.75, 3.05) is 6.61 Å². The summed E-state index contributed by atoms with van der Waals surface area (Å²) in [6, 6.07) is 0. The zero-order chi connectivity index (χ0) is 22.8. The standard InChI is InChI=1S/C27H46O4/c1-18(7-5-13-26(2,3)31)23-11-12-24-19(8-6-14-27(23,24)4)9-10-20-15-21(29)16-25(30)22(20)17-28/h9-10,18,21-25,28-31H,5-8,11-17H2,1-4H3/b19-9+,20-10-/t18-,21-,22-,23?,24?,25+,27-/m1/s1. The van der Waals surface area contributed by atoms with Crippen LogP contribution in [0, 0.1) is 29.1 Å². The van der Waals surface area contributed by atoms with Gasteiger partial charge < -0.3 is 20.4 Å². The van der Waals surface area contributed by atoms with Crippen LogP contribution >= 0.6 is 0 Å². The van der Waals surface area contributed by atoms with E-state index in [1.807, 2.05) is 13.8 Å². The number of fused-ring (bicyclic) bond motifs is 1. The van der Waals surface area contributed by atoms with Gasteiger partial charge in [-0.2, -0.15) is 0 Å². The Hall–Kier alpha value is -0.680. The average Bonchev–Trinajstić information content (AvgIpc) is 3.02. The lowest BCUT2D eigenvalue weighted by Crippen LogP contribution is -2.36. The fourth-order valence-corrected chi connectivity index (χ4v) is 7.11. The molecule has 3 aliphatic carbocycles. The summed E-state index contributed by atoms with van der Waals surface area (Å²) in [5, 5.41) is 40.1. The topological polar surface area (TPSA) is 80.9 Å². The van der Waals surface area contributed by atoms with Crippen molar-refractivity contribution in [2.45, 2.75) is 110 Å². The highest BCUT2D eigenvalue weighted by Crippen LogP contribution is 2.60. The SMILES string of the molecule is C[C@H](CCCC(C)(C)O)C1CCC2/C(=C/C=C3/C[C@@H](O)C[C@H](O)[C@@H]3CO)CCC[C@@]21C. The van der Waals surface area contributed by atoms with E-state index >= 15 is 0 Å². The third kappa shape index (κ3) is 5.82. The first-order valence-corrected chi connectivity index (χ1v) is 12.6. The van der Waals surface area contributed by atoms with Gasteiger partial charge in [0.25, 0.3) is 0 Å². The fraction of sp³-hybridized carbons (Fsp3) is 0.852. The summed E-state index contributed by atoms with van der Waals surface area (Å²) in [5.74, 6) is 1.78. The fourth-order valence-electron chi connectivity index (χ4n) is 7.11. The Morgan fingerprint density at radius 1 is 1.16 bits per heavy atom. The van der Waals surface area contributed by atoms with Crippen LogP contribution in [0.3, 0.4) is 0 Å². The van der Waals surface area contributed by atoms with Gasteiger partial charge in [-0.3, -0.25) is 0 Å². The maximum Gasteiger partial charge on any atom is 0.0652 e. The van der Waals surface area contributed by atoms with Gasteiger partial charge in [0.1, 0.15) is 0 Å². The first-order chi connectivity index (χ1) is 14.5. The van der Waals surface area contributed by atoms with Gasteiger partial charge in [0.05, 0.1) is 24.4 Å². The van der Waals surface area contributed by atoms with Gasteiger partial charge in [0, 0.05) is 12.3 Å². The molecule has 0 aromatic carbocycles. The molecule has 0 aliphatic heterocycles. The van der Waals surface area contributed by atoms with Gasteiger partial charge in [0.15, 0.2) is 0 Å². The van der Waals surface area contributed by atoms with Crippen LogP contribution in [0.15, 0.2) is 23.3 Å². The normalized spacial score (nSPS) is 40.3. The van der Waals surface area contributed by atoms with Crippen molar-refractivity contribution in [3.63, 3.8) is 0 Å². The Morgan fingerprint density at radius 2 is 1.87 bits per heavy atom. The lowest BCUT2D eigenvalue weighted by molar-refractivity contribution is 0.0102. The van der Waals surface area contributed by atoms with E-state index in [1.165, 1.54) is 37.7 Å². The minimum atomic E-state index is -0.657. The van der Waals surface area contributed by atoms with Crippen molar-refractivity contribution in [1.29, 1.82) is 0 Å². The second-order valence-corrected chi connectivity index (χ2v) is 11.7. The largest absolute Gasteiger partial charge is 0.396 e. The molecule has 4 heteroatoms. The van der Waals surface area contributed by atoms with Crippen LogP contribution in [0.25, 0.3) is 0 Å². The molecule has 0 heterocycles. The lowest BCUT2D eigenvalue weighted by atomic mass is 9.60. The van der Waals surface area contributed by atoms with Gasteiger partial charge >= 0.3 is 0 Å². The Balaban J connectivity index is 1.71. The molecule has 7 atom stereocenters. The number of rotatable bonds is 7. The Labute approximate surface area is 189 Å². The summed E-state index contributed by atoms with van der Waals surface area (Å²) < 4.78 is 0. The van der Waals surface area contributed by atoms with Crippen LogP contribution in [-0.2, 0) is 0 Å². The molecule has 0 aromatic rings. The molecular weight excluding hydrogens is 388 g/mol. The Bertz CT molecular complexity index is 661. The monoisotopic (exact) mass is 434 g/mol. The summed E-state index contributed by atoms with van der Waals surface area (Å²) in [6.45, 7) is 8.67. The number of hydrogen-bond donors (Lipinski definition) is 4. The zero-order valence-electron chi connectivity index (χ0n) is 20.2. The van der Waals surface area contributed by atoms with Crippen molar-refractivity contribution < 1.29 is 20.4 Å². The molecule has 4 nitrogen and oxygen atoms in total. The van der Waals surface area contributed by atoms with Crippen molar-refractivity contribution in [2.24, 2.45) is 29.1 Å². The molecule has 178 valence electrons. The summed E-state index contributed by atoms with van der Waals surface area (Å²) in [7, 11) is 0. The molecule has 3 fully saturated rings. The van der Waals surface area contributed by atoms with Gasteiger partial charge in [-0.1, -0.05) is 50.0 Å². The molecule has 2 unspecified atom stereocenters. The van der Waals surface area contributed by atoms with Crippen LogP contribution in [0.5, 0.6) is 0 Å². The predicted molar refractivity (Wildman–Crippen MR) is 125 cm³/mol. The van der Waals surface area contributed by atoms with Crippen molar-refractivity contribution >= 4 is 0 Å². The highest BCUT2D eigenvalue weighted by Gasteiger charge is 2.50. The molecule has 31 heavy (non-hydrogen) atoms. The molecule has 4 N–H and O–H groups in total. The van der Waals surface area contributed by atoms with Crippen LogP contribution < -0.4 is 0 Å². The molecule has 0 amide bonds. The van der Waals surface area contributed by atoms with E-state index in [0.717, 1.165) is 30.8 Å². The predicted octanol–water partition coefficient (Wildman–Crippen LogP) is 4.76. The summed E-state index contributed by atoms with van der Waals surface area (Å²) >= 11 is 0. The molecule has 3 rings (SSSR count). The van der Waals surface area contributed by atoms with Gasteiger partial charge in [-0.05, 0) is 82.0 Å². The van der Waals surface area contributed by atoms with Crippen LogP contribution in [-0.4, -0.2) is 44.8 Å². The second-order valence-electron chi connectivity index (χ2n) is 11.7. The van der Waals surface area contributed by atoms with E-state index in [0.29, 0.717) is 30.1 Å². The quantitative estimate of drug-likeness (QED) is 0.466. The number of aliphatic hydroxyl groups is 4. The summed E-state index contributed by atoms with van der Waals surface area (Å²) in [6.07, 6.45) is 13.4. The maximum absolute atomic E-state index is 10.3. The van der Waals surface area contributed by atoms with Crippen LogP contribution in [0.4, 0.5) is 0 Å². The third-order valence-corrected chi connectivity index (χ3v) is 8.81. The van der Waals surface area contributed by atoms with Crippen molar-refractivity contribution in [1.82, 2.24) is 0 Å². The van der Waals surface area contributed by atoms with E-state index in [1.54, 1.807) is 0 Å². The Kier molecular flexibility index (Phi) is 8.11. The molecule has 3 saturated carbocycles. The molecule has 0 bridgehead atoms. The maximum atomic E-state index is 10.3. The van der Waals surface area contributed by atoms with Crippen LogP contribution in [0.1, 0.15) is 91.9 Å². The smallest absolute Gasteiger partial charge is 0.0652 e. The third-order valence-electron chi connectivity index (χ3n) is 8.81. The minimum Gasteiger partial charge on any atom is -0.396 e. The van der Waals surface area contributed by atoms with E-state index in [-0.39, 0.29) is 12.5 Å². The van der Waals surface area contributed by atoms with Gasteiger partial charge in [-0.15, -0.1) is 0 Å². The van der Waals surface area contributed by atoms with E-state index in [9.17, 15) is 20.4 Å². The number of hydrogen-bond acceptors (Lipinski definition) is 4. The first-order valence-electron chi connectivity index (χ1n) is 12.6. The van der Waals surface area contributed by atoms with E-state index in [4.69, 9.17) is 0 Å². The van der Waals surface area contributed by atoms with Crippen molar-refractivity contribution in [3.05, 3.63) is 23.3 Å². The van der Waals surface area contributed by atoms with Gasteiger partial charge in [0.2, 0.25) is 0 Å². The molecule has 0 aromatic heterocycles. The zero-order valence-corrected chi connectivity index (χ0v) is 20.2.